The summed E-state index contributed by atoms with van der Waals surface area (Å²) < 4.78 is 6.93. The molecule has 0 radical (unpaired) electrons. The Morgan fingerprint density at radius 2 is 2.19 bits per heavy atom. The molecule has 7 heteroatoms. The third kappa shape index (κ3) is 3.90. The van der Waals surface area contributed by atoms with Crippen molar-refractivity contribution in [2.24, 2.45) is 7.05 Å². The van der Waals surface area contributed by atoms with E-state index in [1.807, 2.05) is 0 Å². The Kier molecular flexibility index (Phi) is 5.61. The van der Waals surface area contributed by atoms with Crippen molar-refractivity contribution < 1.29 is 14.3 Å². The molecule has 0 aliphatic carbocycles. The third-order valence-corrected chi connectivity index (χ3v) is 5.12. The Morgan fingerprint density at radius 1 is 1.38 bits per heavy atom. The molecular formula is C19H22ClN3O3. The first kappa shape index (κ1) is 18.5. The van der Waals surface area contributed by atoms with Crippen LogP contribution in [0.5, 0.6) is 5.75 Å². The van der Waals surface area contributed by atoms with Gasteiger partial charge in [0.05, 0.1) is 25.3 Å². The van der Waals surface area contributed by atoms with E-state index in [1.54, 1.807) is 54.3 Å². The molecule has 6 nitrogen and oxygen atoms in total. The van der Waals surface area contributed by atoms with Crippen molar-refractivity contribution in [1.82, 2.24) is 14.7 Å². The van der Waals surface area contributed by atoms with Crippen molar-refractivity contribution in [3.8, 4) is 5.75 Å². The van der Waals surface area contributed by atoms with Crippen LogP contribution in [0, 0.1) is 0 Å². The summed E-state index contributed by atoms with van der Waals surface area (Å²) in [5.41, 5.74) is 1.27. The molecule has 2 heterocycles. The van der Waals surface area contributed by atoms with Gasteiger partial charge >= 0.3 is 0 Å². The summed E-state index contributed by atoms with van der Waals surface area (Å²) in [6.45, 7) is 0.663. The highest BCUT2D eigenvalue weighted by atomic mass is 35.5. The molecule has 1 saturated heterocycles. The zero-order chi connectivity index (χ0) is 18.7. The van der Waals surface area contributed by atoms with Crippen molar-refractivity contribution in [2.75, 3.05) is 13.7 Å². The van der Waals surface area contributed by atoms with Gasteiger partial charge in [-0.15, -0.1) is 0 Å². The largest absolute Gasteiger partial charge is 0.496 e. The lowest BCUT2D eigenvalue weighted by atomic mass is 10.0. The summed E-state index contributed by atoms with van der Waals surface area (Å²) in [4.78, 5) is 27.1. The lowest BCUT2D eigenvalue weighted by Gasteiger charge is -2.25. The van der Waals surface area contributed by atoms with Crippen molar-refractivity contribution in [2.45, 2.75) is 31.7 Å². The molecule has 0 bridgehead atoms. The van der Waals surface area contributed by atoms with E-state index in [1.165, 1.54) is 0 Å². The number of carbonyl (C=O) groups excluding carboxylic acids is 2. The van der Waals surface area contributed by atoms with E-state index >= 15 is 0 Å². The second kappa shape index (κ2) is 7.91. The molecule has 26 heavy (non-hydrogen) atoms. The molecule has 138 valence electrons. The Balaban J connectivity index is 1.70. The maximum Gasteiger partial charge on any atom is 0.227 e. The summed E-state index contributed by atoms with van der Waals surface area (Å²) in [6, 6.07) is 5.26. The van der Waals surface area contributed by atoms with Crippen LogP contribution in [0.15, 0.2) is 30.6 Å². The number of aromatic nitrogens is 2. The highest BCUT2D eigenvalue weighted by Gasteiger charge is 2.31. The second-order valence-corrected chi connectivity index (χ2v) is 6.92. The fourth-order valence-corrected chi connectivity index (χ4v) is 3.66. The van der Waals surface area contributed by atoms with Gasteiger partial charge in [0.25, 0.3) is 0 Å². The lowest BCUT2D eigenvalue weighted by Crippen LogP contribution is -2.37. The van der Waals surface area contributed by atoms with E-state index in [0.29, 0.717) is 34.9 Å². The Hall–Kier alpha value is -2.34. The predicted octanol–water partition coefficient (Wildman–Crippen LogP) is 2.89. The number of ether oxygens (including phenoxy) is 1. The van der Waals surface area contributed by atoms with E-state index in [9.17, 15) is 9.59 Å². The van der Waals surface area contributed by atoms with Gasteiger partial charge in [0.15, 0.2) is 5.78 Å². The normalized spacial score (nSPS) is 16.7. The summed E-state index contributed by atoms with van der Waals surface area (Å²) in [6.07, 6.45) is 5.49. The first-order chi connectivity index (χ1) is 12.5. The number of hydrogen-bond acceptors (Lipinski definition) is 4. The number of benzene rings is 1. The minimum Gasteiger partial charge on any atom is -0.496 e. The summed E-state index contributed by atoms with van der Waals surface area (Å²) in [5.74, 6) is 0.587. The molecule has 1 unspecified atom stereocenters. The first-order valence-corrected chi connectivity index (χ1v) is 9.00. The number of carbonyl (C=O) groups is 2. The monoisotopic (exact) mass is 375 g/mol. The minimum atomic E-state index is -0.0799. The van der Waals surface area contributed by atoms with Crippen LogP contribution in [0.3, 0.4) is 0 Å². The maximum absolute atomic E-state index is 12.9. The van der Waals surface area contributed by atoms with E-state index in [4.69, 9.17) is 16.3 Å². The number of hydrogen-bond donors (Lipinski definition) is 0. The molecule has 1 aromatic carbocycles. The number of nitrogens with zero attached hydrogens (tertiary/aromatic N) is 3. The maximum atomic E-state index is 12.9. The fourth-order valence-electron chi connectivity index (χ4n) is 3.43. The number of Topliss-reactive ketones (excluding diaryl/α,β-unsaturated/α-hetero) is 1. The molecule has 1 aliphatic heterocycles. The summed E-state index contributed by atoms with van der Waals surface area (Å²) in [7, 11) is 3.34. The molecular weight excluding hydrogens is 354 g/mol. The Bertz CT molecular complexity index is 818. The molecule has 0 spiro atoms. The van der Waals surface area contributed by atoms with Gasteiger partial charge in [-0.1, -0.05) is 17.7 Å². The van der Waals surface area contributed by atoms with Gasteiger partial charge < -0.3 is 9.64 Å². The zero-order valence-electron chi connectivity index (χ0n) is 14.9. The van der Waals surface area contributed by atoms with Crippen LogP contribution in [-0.2, 0) is 18.3 Å². The number of ketones is 1. The molecule has 1 amide bonds. The fraction of sp³-hybridized carbons (Fsp3) is 0.421. The molecule has 1 fully saturated rings. The summed E-state index contributed by atoms with van der Waals surface area (Å²) in [5, 5.41) is 4.55. The number of rotatable bonds is 6. The van der Waals surface area contributed by atoms with Crippen LogP contribution in [-0.4, -0.2) is 46.1 Å². The molecule has 2 aromatic rings. The van der Waals surface area contributed by atoms with Crippen molar-refractivity contribution in [3.05, 3.63) is 46.7 Å². The Morgan fingerprint density at radius 3 is 2.88 bits per heavy atom. The van der Waals surface area contributed by atoms with Gasteiger partial charge in [-0.25, -0.2) is 0 Å². The van der Waals surface area contributed by atoms with Gasteiger partial charge in [-0.3, -0.25) is 14.3 Å². The molecule has 0 N–H and O–H groups in total. The van der Waals surface area contributed by atoms with Crippen LogP contribution < -0.4 is 4.74 Å². The number of likely N-dealkylation sites (tertiary alicyclic amines) is 1. The zero-order valence-corrected chi connectivity index (χ0v) is 15.7. The standard InChI is InChI=1S/C19H22ClN3O3/c1-22-12-13(11-21-22)17(24)9-14-5-4-8-23(14)19(25)10-15-16(20)6-3-7-18(15)26-2/h3,6-7,11-12,14H,4-5,8-10H2,1-2H3. The van der Waals surface area contributed by atoms with E-state index in [0.717, 1.165) is 12.8 Å². The number of methoxy groups -OCH3 is 1. The first-order valence-electron chi connectivity index (χ1n) is 8.62. The van der Waals surface area contributed by atoms with Crippen molar-refractivity contribution in [3.63, 3.8) is 0 Å². The van der Waals surface area contributed by atoms with Crippen LogP contribution >= 0.6 is 11.6 Å². The number of aryl methyl sites for hydroxylation is 1. The predicted molar refractivity (Wildman–Crippen MR) is 98.6 cm³/mol. The average Bonchev–Trinajstić information content (AvgIpc) is 3.25. The number of amides is 1. The highest BCUT2D eigenvalue weighted by Crippen LogP contribution is 2.29. The second-order valence-electron chi connectivity index (χ2n) is 6.51. The summed E-state index contributed by atoms with van der Waals surface area (Å²) >= 11 is 6.25. The van der Waals surface area contributed by atoms with Crippen LogP contribution in [0.1, 0.15) is 35.2 Å². The average molecular weight is 376 g/mol. The SMILES string of the molecule is COc1cccc(Cl)c1CC(=O)N1CCCC1CC(=O)c1cnn(C)c1. The van der Waals surface area contributed by atoms with Gasteiger partial charge in [-0.2, -0.15) is 5.10 Å². The molecule has 1 aliphatic rings. The molecule has 1 aromatic heterocycles. The van der Waals surface area contributed by atoms with E-state index in [2.05, 4.69) is 5.10 Å². The van der Waals surface area contributed by atoms with Gasteiger partial charge in [0.2, 0.25) is 5.91 Å². The highest BCUT2D eigenvalue weighted by molar-refractivity contribution is 6.31. The van der Waals surface area contributed by atoms with Crippen molar-refractivity contribution in [1.29, 1.82) is 0 Å². The van der Waals surface area contributed by atoms with E-state index < -0.39 is 0 Å². The number of halogens is 1. The van der Waals surface area contributed by atoms with Gasteiger partial charge in [0, 0.05) is 42.8 Å². The Labute approximate surface area is 157 Å². The molecule has 0 saturated carbocycles. The molecule has 1 atom stereocenters. The lowest BCUT2D eigenvalue weighted by molar-refractivity contribution is -0.131. The molecule has 3 rings (SSSR count). The van der Waals surface area contributed by atoms with Crippen LogP contribution in [0.2, 0.25) is 5.02 Å². The van der Waals surface area contributed by atoms with Crippen molar-refractivity contribution >= 4 is 23.3 Å². The smallest absolute Gasteiger partial charge is 0.227 e. The van der Waals surface area contributed by atoms with Gasteiger partial charge in [-0.05, 0) is 25.0 Å². The quantitative estimate of drug-likeness (QED) is 0.728. The van der Waals surface area contributed by atoms with Gasteiger partial charge in [0.1, 0.15) is 5.75 Å². The topological polar surface area (TPSA) is 64.4 Å². The van der Waals surface area contributed by atoms with Crippen LogP contribution in [0.4, 0.5) is 0 Å². The third-order valence-electron chi connectivity index (χ3n) is 4.77. The minimum absolute atomic E-state index is 0.0122. The van der Waals surface area contributed by atoms with Crippen LogP contribution in [0.25, 0.3) is 0 Å². The van der Waals surface area contributed by atoms with E-state index in [-0.39, 0.29) is 24.2 Å².